The van der Waals surface area contributed by atoms with E-state index >= 15 is 0 Å². The van der Waals surface area contributed by atoms with Gasteiger partial charge in [-0.2, -0.15) is 0 Å². The maximum atomic E-state index is 11.7. The van der Waals surface area contributed by atoms with Crippen LogP contribution < -0.4 is 10.5 Å². The molecule has 6 heteroatoms. The van der Waals surface area contributed by atoms with E-state index in [0.29, 0.717) is 25.3 Å². The zero-order chi connectivity index (χ0) is 12.7. The fourth-order valence-corrected chi connectivity index (χ4v) is 3.76. The normalized spacial score (nSPS) is 18.1. The Bertz CT molecular complexity index is 335. The molecule has 1 aliphatic rings. The number of hydrogen-bond acceptors (Lipinski definition) is 3. The molecule has 0 aliphatic heterocycles. The molecule has 0 aromatic carbocycles. The topological polar surface area (TPSA) is 96.0 Å². The van der Waals surface area contributed by atoms with Crippen molar-refractivity contribution in [1.29, 1.82) is 5.41 Å². The van der Waals surface area contributed by atoms with Gasteiger partial charge >= 0.3 is 0 Å². The molecular weight excluding hydrogens is 238 g/mol. The molecule has 1 rings (SSSR count). The molecule has 100 valence electrons. The van der Waals surface area contributed by atoms with Crippen LogP contribution in [0.5, 0.6) is 0 Å². The van der Waals surface area contributed by atoms with Crippen LogP contribution in [-0.2, 0) is 10.0 Å². The van der Waals surface area contributed by atoms with Crippen LogP contribution in [0, 0.1) is 11.3 Å². The van der Waals surface area contributed by atoms with Gasteiger partial charge in [0, 0.05) is 13.0 Å². The first-order valence-electron chi connectivity index (χ1n) is 6.30. The highest BCUT2D eigenvalue weighted by Gasteiger charge is 2.20. The highest BCUT2D eigenvalue weighted by Crippen LogP contribution is 2.24. The molecule has 0 amide bonds. The van der Waals surface area contributed by atoms with Gasteiger partial charge in [-0.25, -0.2) is 13.1 Å². The number of rotatable bonds is 7. The van der Waals surface area contributed by atoms with Gasteiger partial charge in [0.1, 0.15) is 0 Å². The van der Waals surface area contributed by atoms with E-state index in [9.17, 15) is 8.42 Å². The van der Waals surface area contributed by atoms with E-state index in [1.165, 1.54) is 6.42 Å². The van der Waals surface area contributed by atoms with E-state index in [4.69, 9.17) is 11.1 Å². The molecule has 0 saturated heterocycles. The number of amidine groups is 1. The first-order chi connectivity index (χ1) is 7.99. The monoisotopic (exact) mass is 261 g/mol. The minimum atomic E-state index is -3.14. The van der Waals surface area contributed by atoms with Crippen LogP contribution >= 0.6 is 0 Å². The fourth-order valence-electron chi connectivity index (χ4n) is 2.23. The van der Waals surface area contributed by atoms with Crippen molar-refractivity contribution in [3.63, 3.8) is 0 Å². The molecule has 0 atom stereocenters. The second-order valence-electron chi connectivity index (χ2n) is 4.81. The molecule has 5 nitrogen and oxygen atoms in total. The van der Waals surface area contributed by atoms with Gasteiger partial charge in [0.25, 0.3) is 0 Å². The Labute approximate surface area is 104 Å². The summed E-state index contributed by atoms with van der Waals surface area (Å²) in [6.07, 6.45) is 6.67. The van der Waals surface area contributed by atoms with Crippen LogP contribution in [-0.4, -0.2) is 26.6 Å². The first kappa shape index (κ1) is 14.4. The van der Waals surface area contributed by atoms with Crippen LogP contribution in [0.4, 0.5) is 0 Å². The van der Waals surface area contributed by atoms with Gasteiger partial charge in [0.05, 0.1) is 11.6 Å². The molecule has 1 fully saturated rings. The van der Waals surface area contributed by atoms with Crippen molar-refractivity contribution in [3.05, 3.63) is 0 Å². The van der Waals surface area contributed by atoms with Gasteiger partial charge in [-0.05, 0) is 25.2 Å². The first-order valence-corrected chi connectivity index (χ1v) is 7.95. The SMILES string of the molecule is N=C(N)CCCNS(=O)(=O)CC1CCCCC1. The van der Waals surface area contributed by atoms with Crippen LogP contribution in [0.3, 0.4) is 0 Å². The van der Waals surface area contributed by atoms with Gasteiger partial charge in [-0.1, -0.05) is 19.3 Å². The summed E-state index contributed by atoms with van der Waals surface area (Å²) >= 11 is 0. The molecule has 0 aromatic rings. The number of nitrogens with two attached hydrogens (primary N) is 1. The van der Waals surface area contributed by atoms with Gasteiger partial charge in [-0.3, -0.25) is 5.41 Å². The fraction of sp³-hybridized carbons (Fsp3) is 0.909. The molecule has 1 saturated carbocycles. The van der Waals surface area contributed by atoms with Crippen LogP contribution in [0.2, 0.25) is 0 Å². The van der Waals surface area contributed by atoms with Crippen molar-refractivity contribution in [2.45, 2.75) is 44.9 Å². The molecule has 0 aromatic heterocycles. The zero-order valence-electron chi connectivity index (χ0n) is 10.2. The van der Waals surface area contributed by atoms with Crippen LogP contribution in [0.25, 0.3) is 0 Å². The molecule has 1 aliphatic carbocycles. The molecule has 0 radical (unpaired) electrons. The summed E-state index contributed by atoms with van der Waals surface area (Å²) in [5.41, 5.74) is 5.20. The summed E-state index contributed by atoms with van der Waals surface area (Å²) in [4.78, 5) is 0. The second kappa shape index (κ2) is 6.96. The van der Waals surface area contributed by atoms with Crippen molar-refractivity contribution in [2.24, 2.45) is 11.7 Å². The lowest BCUT2D eigenvalue weighted by atomic mass is 9.91. The quantitative estimate of drug-likeness (QED) is 0.365. The summed E-state index contributed by atoms with van der Waals surface area (Å²) in [6.45, 7) is 0.384. The van der Waals surface area contributed by atoms with E-state index in [-0.39, 0.29) is 11.6 Å². The Morgan fingerprint density at radius 1 is 1.29 bits per heavy atom. The van der Waals surface area contributed by atoms with Crippen LogP contribution in [0.15, 0.2) is 0 Å². The largest absolute Gasteiger partial charge is 0.388 e. The molecule has 0 heterocycles. The number of hydrogen-bond donors (Lipinski definition) is 3. The minimum Gasteiger partial charge on any atom is -0.388 e. The van der Waals surface area contributed by atoms with Crippen molar-refractivity contribution in [3.8, 4) is 0 Å². The third kappa shape index (κ3) is 6.63. The highest BCUT2D eigenvalue weighted by molar-refractivity contribution is 7.89. The predicted molar refractivity (Wildman–Crippen MR) is 69.5 cm³/mol. The Hall–Kier alpha value is -0.620. The van der Waals surface area contributed by atoms with E-state index in [2.05, 4.69) is 4.72 Å². The zero-order valence-corrected chi connectivity index (χ0v) is 11.1. The summed E-state index contributed by atoms with van der Waals surface area (Å²) in [5.74, 6) is 0.693. The van der Waals surface area contributed by atoms with Crippen molar-refractivity contribution < 1.29 is 8.42 Å². The second-order valence-corrected chi connectivity index (χ2v) is 6.66. The Morgan fingerprint density at radius 2 is 1.94 bits per heavy atom. The highest BCUT2D eigenvalue weighted by atomic mass is 32.2. The van der Waals surface area contributed by atoms with Gasteiger partial charge in [0.2, 0.25) is 10.0 Å². The third-order valence-electron chi connectivity index (χ3n) is 3.12. The predicted octanol–water partition coefficient (Wildman–Crippen LogP) is 1.20. The smallest absolute Gasteiger partial charge is 0.211 e. The Kier molecular flexibility index (Phi) is 5.91. The van der Waals surface area contributed by atoms with Gasteiger partial charge in [-0.15, -0.1) is 0 Å². The van der Waals surface area contributed by atoms with Crippen molar-refractivity contribution in [1.82, 2.24) is 4.72 Å². The maximum absolute atomic E-state index is 11.7. The van der Waals surface area contributed by atoms with Crippen molar-refractivity contribution in [2.75, 3.05) is 12.3 Å². The molecule has 4 N–H and O–H groups in total. The Morgan fingerprint density at radius 3 is 2.53 bits per heavy atom. The van der Waals surface area contributed by atoms with E-state index in [1.54, 1.807) is 0 Å². The molecule has 0 bridgehead atoms. The summed E-state index contributed by atoms with van der Waals surface area (Å²) in [5, 5.41) is 7.03. The van der Waals surface area contributed by atoms with Crippen LogP contribution in [0.1, 0.15) is 44.9 Å². The summed E-state index contributed by atoms with van der Waals surface area (Å²) in [6, 6.07) is 0. The molecule has 17 heavy (non-hydrogen) atoms. The molecule has 0 spiro atoms. The molecule has 0 unspecified atom stereocenters. The Balaban J connectivity index is 2.22. The summed E-state index contributed by atoms with van der Waals surface area (Å²) < 4.78 is 26.1. The number of nitrogens with one attached hydrogen (secondary N) is 2. The lowest BCUT2D eigenvalue weighted by Crippen LogP contribution is -2.31. The molecular formula is C11H23N3O2S. The number of sulfonamides is 1. The van der Waals surface area contributed by atoms with E-state index in [0.717, 1.165) is 25.7 Å². The lowest BCUT2D eigenvalue weighted by Gasteiger charge is -2.21. The average Bonchev–Trinajstić information content (AvgIpc) is 2.25. The van der Waals surface area contributed by atoms with E-state index in [1.807, 2.05) is 0 Å². The van der Waals surface area contributed by atoms with Crippen molar-refractivity contribution >= 4 is 15.9 Å². The maximum Gasteiger partial charge on any atom is 0.211 e. The van der Waals surface area contributed by atoms with E-state index < -0.39 is 10.0 Å². The third-order valence-corrected chi connectivity index (χ3v) is 4.68. The summed E-state index contributed by atoms with van der Waals surface area (Å²) in [7, 11) is -3.14. The minimum absolute atomic E-state index is 0.108. The van der Waals surface area contributed by atoms with Gasteiger partial charge in [0.15, 0.2) is 0 Å². The standard InChI is InChI=1S/C11H23N3O2S/c12-11(13)7-4-8-14-17(15,16)9-10-5-2-1-3-6-10/h10,14H,1-9H2,(H3,12,13). The lowest BCUT2D eigenvalue weighted by molar-refractivity contribution is 0.384. The van der Waals surface area contributed by atoms with Gasteiger partial charge < -0.3 is 5.73 Å². The average molecular weight is 261 g/mol.